The molecule has 2 aromatic heterocycles. The third kappa shape index (κ3) is 3.66. The number of carbonyl (C=O) groups excluding carboxylic acids is 1. The van der Waals surface area contributed by atoms with Gasteiger partial charge >= 0.3 is 0 Å². The number of furan rings is 1. The molecule has 0 N–H and O–H groups in total. The van der Waals surface area contributed by atoms with E-state index in [0.717, 1.165) is 11.1 Å². The Morgan fingerprint density at radius 3 is 2.70 bits per heavy atom. The standard InChI is InChI=1S/C19H18N2O2/c1-15-5-2-3-7-17(15)13-21(12-16-6-4-9-20-11-16)19(22)18-8-10-23-14-18/h2-11,14H,12-13H2,1H3. The average Bonchev–Trinajstić information content (AvgIpc) is 3.11. The Balaban J connectivity index is 1.87. The maximum absolute atomic E-state index is 12.8. The predicted octanol–water partition coefficient (Wildman–Crippen LogP) is 3.83. The summed E-state index contributed by atoms with van der Waals surface area (Å²) in [5.41, 5.74) is 3.86. The van der Waals surface area contributed by atoms with Crippen LogP contribution in [0, 0.1) is 6.92 Å². The molecule has 23 heavy (non-hydrogen) atoms. The van der Waals surface area contributed by atoms with Gasteiger partial charge in [-0.15, -0.1) is 0 Å². The van der Waals surface area contributed by atoms with Gasteiger partial charge in [0.05, 0.1) is 11.8 Å². The summed E-state index contributed by atoms with van der Waals surface area (Å²) >= 11 is 0. The van der Waals surface area contributed by atoms with Crippen LogP contribution in [0.3, 0.4) is 0 Å². The summed E-state index contributed by atoms with van der Waals surface area (Å²) in [5.74, 6) is -0.0501. The maximum Gasteiger partial charge on any atom is 0.257 e. The number of nitrogens with zero attached hydrogens (tertiary/aromatic N) is 2. The van der Waals surface area contributed by atoms with Crippen LogP contribution in [0.4, 0.5) is 0 Å². The van der Waals surface area contributed by atoms with Crippen molar-refractivity contribution in [1.82, 2.24) is 9.88 Å². The third-order valence-electron chi connectivity index (χ3n) is 3.77. The van der Waals surface area contributed by atoms with E-state index in [2.05, 4.69) is 18.0 Å². The first kappa shape index (κ1) is 15.0. The van der Waals surface area contributed by atoms with E-state index in [0.29, 0.717) is 18.7 Å². The van der Waals surface area contributed by atoms with E-state index in [9.17, 15) is 4.79 Å². The van der Waals surface area contributed by atoms with Crippen molar-refractivity contribution in [3.05, 3.63) is 89.6 Å². The highest BCUT2D eigenvalue weighted by molar-refractivity contribution is 5.93. The summed E-state index contributed by atoms with van der Waals surface area (Å²) in [6.07, 6.45) is 6.51. The van der Waals surface area contributed by atoms with Crippen molar-refractivity contribution < 1.29 is 9.21 Å². The smallest absolute Gasteiger partial charge is 0.257 e. The fourth-order valence-corrected chi connectivity index (χ4v) is 2.47. The lowest BCUT2D eigenvalue weighted by Gasteiger charge is -2.23. The SMILES string of the molecule is Cc1ccccc1CN(Cc1cccnc1)C(=O)c1ccoc1. The fraction of sp³-hybridized carbons (Fsp3) is 0.158. The van der Waals surface area contributed by atoms with Crippen molar-refractivity contribution in [2.75, 3.05) is 0 Å². The number of rotatable bonds is 5. The first-order chi connectivity index (χ1) is 11.2. The lowest BCUT2D eigenvalue weighted by Crippen LogP contribution is -2.30. The van der Waals surface area contributed by atoms with Crippen LogP contribution in [-0.4, -0.2) is 15.8 Å². The minimum Gasteiger partial charge on any atom is -0.472 e. The van der Waals surface area contributed by atoms with Gasteiger partial charge in [-0.1, -0.05) is 30.3 Å². The quantitative estimate of drug-likeness (QED) is 0.720. The van der Waals surface area contributed by atoms with Crippen molar-refractivity contribution in [3.63, 3.8) is 0 Å². The summed E-state index contributed by atoms with van der Waals surface area (Å²) in [7, 11) is 0. The number of aryl methyl sites for hydroxylation is 1. The van der Waals surface area contributed by atoms with Crippen LogP contribution in [0.5, 0.6) is 0 Å². The second-order valence-corrected chi connectivity index (χ2v) is 5.46. The number of hydrogen-bond donors (Lipinski definition) is 0. The molecule has 0 radical (unpaired) electrons. The highest BCUT2D eigenvalue weighted by Crippen LogP contribution is 2.16. The molecule has 0 fully saturated rings. The van der Waals surface area contributed by atoms with Crippen molar-refractivity contribution in [2.45, 2.75) is 20.0 Å². The molecule has 116 valence electrons. The topological polar surface area (TPSA) is 46.3 Å². The molecule has 1 aromatic carbocycles. The van der Waals surface area contributed by atoms with Crippen LogP contribution >= 0.6 is 0 Å². The Labute approximate surface area is 135 Å². The number of pyridine rings is 1. The number of aromatic nitrogens is 1. The molecule has 0 aliphatic rings. The molecule has 0 saturated heterocycles. The van der Waals surface area contributed by atoms with Gasteiger partial charge < -0.3 is 9.32 Å². The summed E-state index contributed by atoms with van der Waals surface area (Å²) in [5, 5.41) is 0. The molecular weight excluding hydrogens is 288 g/mol. The Morgan fingerprint density at radius 2 is 2.00 bits per heavy atom. The lowest BCUT2D eigenvalue weighted by atomic mass is 10.1. The summed E-state index contributed by atoms with van der Waals surface area (Å²) in [4.78, 5) is 18.7. The van der Waals surface area contributed by atoms with Crippen molar-refractivity contribution >= 4 is 5.91 Å². The largest absolute Gasteiger partial charge is 0.472 e. The van der Waals surface area contributed by atoms with E-state index in [-0.39, 0.29) is 5.91 Å². The zero-order valence-corrected chi connectivity index (χ0v) is 13.0. The summed E-state index contributed by atoms with van der Waals surface area (Å²) in [6, 6.07) is 13.6. The molecule has 4 heteroatoms. The zero-order valence-electron chi connectivity index (χ0n) is 13.0. The molecule has 4 nitrogen and oxygen atoms in total. The van der Waals surface area contributed by atoms with Crippen LogP contribution < -0.4 is 0 Å². The lowest BCUT2D eigenvalue weighted by molar-refractivity contribution is 0.0729. The summed E-state index contributed by atoms with van der Waals surface area (Å²) < 4.78 is 5.05. The van der Waals surface area contributed by atoms with Crippen molar-refractivity contribution in [1.29, 1.82) is 0 Å². The van der Waals surface area contributed by atoms with Crippen LogP contribution in [-0.2, 0) is 13.1 Å². The van der Waals surface area contributed by atoms with E-state index in [1.807, 2.05) is 35.2 Å². The van der Waals surface area contributed by atoms with Gasteiger partial charge in [0.1, 0.15) is 6.26 Å². The molecule has 0 atom stereocenters. The highest BCUT2D eigenvalue weighted by Gasteiger charge is 2.18. The van der Waals surface area contributed by atoms with Gasteiger partial charge in [0, 0.05) is 25.5 Å². The Hall–Kier alpha value is -2.88. The van der Waals surface area contributed by atoms with Crippen LogP contribution in [0.2, 0.25) is 0 Å². The third-order valence-corrected chi connectivity index (χ3v) is 3.77. The molecule has 0 bridgehead atoms. The van der Waals surface area contributed by atoms with Gasteiger partial charge in [-0.2, -0.15) is 0 Å². The zero-order chi connectivity index (χ0) is 16.1. The van der Waals surface area contributed by atoms with Gasteiger partial charge in [-0.05, 0) is 35.7 Å². The molecule has 1 amide bonds. The minimum atomic E-state index is -0.0501. The second kappa shape index (κ2) is 6.92. The molecule has 0 spiro atoms. The van der Waals surface area contributed by atoms with E-state index in [1.165, 1.54) is 18.1 Å². The van der Waals surface area contributed by atoms with E-state index < -0.39 is 0 Å². The minimum absolute atomic E-state index is 0.0501. The van der Waals surface area contributed by atoms with Crippen LogP contribution in [0.1, 0.15) is 27.0 Å². The van der Waals surface area contributed by atoms with Crippen LogP contribution in [0.15, 0.2) is 71.8 Å². The molecule has 2 heterocycles. The number of carbonyl (C=O) groups is 1. The molecule has 0 aliphatic heterocycles. The fourth-order valence-electron chi connectivity index (χ4n) is 2.47. The molecule has 0 unspecified atom stereocenters. The Kier molecular flexibility index (Phi) is 4.52. The monoisotopic (exact) mass is 306 g/mol. The molecule has 0 aliphatic carbocycles. The molecular formula is C19H18N2O2. The predicted molar refractivity (Wildman–Crippen MR) is 87.7 cm³/mol. The van der Waals surface area contributed by atoms with Gasteiger partial charge in [-0.3, -0.25) is 9.78 Å². The maximum atomic E-state index is 12.8. The van der Waals surface area contributed by atoms with Gasteiger partial charge in [0.25, 0.3) is 5.91 Å². The molecule has 3 aromatic rings. The normalized spacial score (nSPS) is 10.5. The van der Waals surface area contributed by atoms with Gasteiger partial charge in [0.2, 0.25) is 0 Å². The van der Waals surface area contributed by atoms with E-state index in [1.54, 1.807) is 18.5 Å². The Morgan fingerprint density at radius 1 is 1.13 bits per heavy atom. The molecule has 0 saturated carbocycles. The Bertz CT molecular complexity index is 767. The first-order valence-electron chi connectivity index (χ1n) is 7.49. The van der Waals surface area contributed by atoms with E-state index >= 15 is 0 Å². The highest BCUT2D eigenvalue weighted by atomic mass is 16.3. The number of hydrogen-bond acceptors (Lipinski definition) is 3. The number of benzene rings is 1. The second-order valence-electron chi connectivity index (χ2n) is 5.46. The number of amides is 1. The first-order valence-corrected chi connectivity index (χ1v) is 7.49. The van der Waals surface area contributed by atoms with E-state index in [4.69, 9.17) is 4.42 Å². The van der Waals surface area contributed by atoms with Gasteiger partial charge in [0.15, 0.2) is 0 Å². The summed E-state index contributed by atoms with van der Waals surface area (Å²) in [6.45, 7) is 3.11. The van der Waals surface area contributed by atoms with Crippen LogP contribution in [0.25, 0.3) is 0 Å². The van der Waals surface area contributed by atoms with Crippen molar-refractivity contribution in [3.8, 4) is 0 Å². The van der Waals surface area contributed by atoms with Gasteiger partial charge in [-0.25, -0.2) is 0 Å². The average molecular weight is 306 g/mol. The van der Waals surface area contributed by atoms with Crippen molar-refractivity contribution in [2.24, 2.45) is 0 Å². The molecule has 3 rings (SSSR count).